The highest BCUT2D eigenvalue weighted by molar-refractivity contribution is 6.06. The van der Waals surface area contributed by atoms with Gasteiger partial charge < -0.3 is 10.0 Å². The van der Waals surface area contributed by atoms with Crippen molar-refractivity contribution in [2.45, 2.75) is 18.6 Å². The quantitative estimate of drug-likeness (QED) is 0.875. The van der Waals surface area contributed by atoms with E-state index in [-0.39, 0.29) is 12.1 Å². The molecule has 4 rings (SSSR count). The van der Waals surface area contributed by atoms with Crippen molar-refractivity contribution < 1.29 is 9.90 Å². The van der Waals surface area contributed by atoms with E-state index in [0.717, 1.165) is 16.5 Å². The van der Waals surface area contributed by atoms with Crippen LogP contribution >= 0.6 is 0 Å². The zero-order valence-corrected chi connectivity index (χ0v) is 11.9. The van der Waals surface area contributed by atoms with Gasteiger partial charge in [-0.25, -0.2) is 4.79 Å². The molecule has 5 heteroatoms. The summed E-state index contributed by atoms with van der Waals surface area (Å²) in [5, 5.41) is 21.0. The molecule has 2 amide bonds. The van der Waals surface area contributed by atoms with Crippen LogP contribution in [0.15, 0.2) is 36.4 Å². The molecule has 2 fully saturated rings. The normalized spacial score (nSPS) is 23.9. The molecule has 2 aliphatic heterocycles. The molecule has 2 aliphatic rings. The first kappa shape index (κ1) is 13.1. The molecule has 22 heavy (non-hydrogen) atoms. The van der Waals surface area contributed by atoms with Crippen LogP contribution in [-0.4, -0.2) is 41.3 Å². The van der Waals surface area contributed by atoms with Crippen LogP contribution in [0.5, 0.6) is 0 Å². The number of hydrogen-bond acceptors (Lipinski definition) is 3. The molecule has 2 aromatic carbocycles. The first-order valence-corrected chi connectivity index (χ1v) is 7.39. The fourth-order valence-corrected chi connectivity index (χ4v) is 3.53. The molecule has 110 valence electrons. The molecular formula is C17H15N3O2. The van der Waals surface area contributed by atoms with Crippen LogP contribution in [0.2, 0.25) is 0 Å². The maximum absolute atomic E-state index is 12.6. The molecule has 2 atom stereocenters. The van der Waals surface area contributed by atoms with E-state index in [1.54, 1.807) is 15.9 Å². The summed E-state index contributed by atoms with van der Waals surface area (Å²) in [4.78, 5) is 16.1. The fourth-order valence-electron chi connectivity index (χ4n) is 3.53. The molecule has 1 N–H and O–H groups in total. The molecule has 0 radical (unpaired) electrons. The Hall–Kier alpha value is -2.58. The Morgan fingerprint density at radius 1 is 1.18 bits per heavy atom. The van der Waals surface area contributed by atoms with Crippen molar-refractivity contribution in [3.05, 3.63) is 42.0 Å². The Morgan fingerprint density at radius 2 is 1.95 bits per heavy atom. The second-order valence-corrected chi connectivity index (χ2v) is 5.80. The standard InChI is InChI=1S/C17H15N3O2/c18-9-11-5-6-14(13-4-2-1-3-12(11)13)20-10-15-16(21)7-8-19(15)17(20)22/h1-6,15-16,21H,7-8,10H2. The Bertz CT molecular complexity index is 811. The first-order chi connectivity index (χ1) is 10.7. The van der Waals surface area contributed by atoms with E-state index in [9.17, 15) is 15.2 Å². The molecule has 2 unspecified atom stereocenters. The van der Waals surface area contributed by atoms with Crippen molar-refractivity contribution in [2.75, 3.05) is 18.0 Å². The molecular weight excluding hydrogens is 278 g/mol. The van der Waals surface area contributed by atoms with Crippen LogP contribution in [0.25, 0.3) is 10.8 Å². The van der Waals surface area contributed by atoms with E-state index < -0.39 is 6.10 Å². The number of hydrogen-bond donors (Lipinski definition) is 1. The molecule has 0 aromatic heterocycles. The van der Waals surface area contributed by atoms with Crippen molar-refractivity contribution in [1.29, 1.82) is 5.26 Å². The van der Waals surface area contributed by atoms with Gasteiger partial charge in [0.2, 0.25) is 0 Å². The Balaban J connectivity index is 1.83. The third-order valence-corrected chi connectivity index (χ3v) is 4.67. The minimum Gasteiger partial charge on any atom is -0.391 e. The fraction of sp³-hybridized carbons (Fsp3) is 0.294. The Kier molecular flexibility index (Phi) is 2.81. The summed E-state index contributed by atoms with van der Waals surface area (Å²) < 4.78 is 0. The minimum atomic E-state index is -0.446. The highest BCUT2D eigenvalue weighted by Crippen LogP contribution is 2.35. The number of nitrogens with zero attached hydrogens (tertiary/aromatic N) is 3. The lowest BCUT2D eigenvalue weighted by molar-refractivity contribution is 0.144. The number of urea groups is 1. The minimum absolute atomic E-state index is 0.0589. The van der Waals surface area contributed by atoms with Gasteiger partial charge in [0.15, 0.2) is 0 Å². The number of carbonyl (C=O) groups is 1. The van der Waals surface area contributed by atoms with Gasteiger partial charge in [-0.1, -0.05) is 24.3 Å². The molecule has 5 nitrogen and oxygen atoms in total. The van der Waals surface area contributed by atoms with E-state index in [0.29, 0.717) is 25.1 Å². The third-order valence-electron chi connectivity index (χ3n) is 4.67. The predicted molar refractivity (Wildman–Crippen MR) is 82.5 cm³/mol. The molecule has 0 spiro atoms. The lowest BCUT2D eigenvalue weighted by Gasteiger charge is -2.19. The zero-order chi connectivity index (χ0) is 15.3. The largest absolute Gasteiger partial charge is 0.391 e. The van der Waals surface area contributed by atoms with Gasteiger partial charge in [0.25, 0.3) is 0 Å². The van der Waals surface area contributed by atoms with Crippen molar-refractivity contribution >= 4 is 22.5 Å². The number of rotatable bonds is 1. The van der Waals surface area contributed by atoms with Crippen LogP contribution in [0, 0.1) is 11.3 Å². The van der Waals surface area contributed by atoms with Gasteiger partial charge in [-0.05, 0) is 18.6 Å². The number of anilines is 1. The van der Waals surface area contributed by atoms with Crippen LogP contribution < -0.4 is 4.90 Å². The summed E-state index contributed by atoms with van der Waals surface area (Å²) in [5.41, 5.74) is 1.41. The Morgan fingerprint density at radius 3 is 2.68 bits per heavy atom. The SMILES string of the molecule is N#Cc1ccc(N2CC3C(O)CCN3C2=O)c2ccccc12. The van der Waals surface area contributed by atoms with Crippen LogP contribution in [0.3, 0.4) is 0 Å². The number of amides is 2. The third kappa shape index (κ3) is 1.71. The van der Waals surface area contributed by atoms with E-state index in [1.165, 1.54) is 0 Å². The number of aliphatic hydroxyl groups is 1. The zero-order valence-electron chi connectivity index (χ0n) is 11.9. The predicted octanol–water partition coefficient (Wildman–Crippen LogP) is 2.09. The molecule has 2 aromatic rings. The summed E-state index contributed by atoms with van der Waals surface area (Å²) in [6.45, 7) is 1.10. The summed E-state index contributed by atoms with van der Waals surface area (Å²) in [7, 11) is 0. The van der Waals surface area contributed by atoms with Crippen molar-refractivity contribution in [1.82, 2.24) is 4.90 Å². The number of carbonyl (C=O) groups excluding carboxylic acids is 1. The summed E-state index contributed by atoms with van der Waals surface area (Å²) >= 11 is 0. The first-order valence-electron chi connectivity index (χ1n) is 7.39. The molecule has 0 aliphatic carbocycles. The highest BCUT2D eigenvalue weighted by atomic mass is 16.3. The smallest absolute Gasteiger partial charge is 0.324 e. The van der Waals surface area contributed by atoms with Gasteiger partial charge in [-0.3, -0.25) is 4.90 Å². The van der Waals surface area contributed by atoms with Crippen LogP contribution in [0.4, 0.5) is 10.5 Å². The van der Waals surface area contributed by atoms with E-state index in [1.807, 2.05) is 30.3 Å². The molecule has 2 heterocycles. The highest BCUT2D eigenvalue weighted by Gasteiger charge is 2.45. The summed E-state index contributed by atoms with van der Waals surface area (Å²) in [6.07, 6.45) is 0.205. The summed E-state index contributed by atoms with van der Waals surface area (Å²) in [5.74, 6) is 0. The topological polar surface area (TPSA) is 67.6 Å². The van der Waals surface area contributed by atoms with E-state index in [2.05, 4.69) is 6.07 Å². The van der Waals surface area contributed by atoms with Gasteiger partial charge in [0, 0.05) is 17.3 Å². The van der Waals surface area contributed by atoms with Gasteiger partial charge in [-0.15, -0.1) is 0 Å². The van der Waals surface area contributed by atoms with E-state index >= 15 is 0 Å². The van der Waals surface area contributed by atoms with Gasteiger partial charge in [-0.2, -0.15) is 5.26 Å². The second-order valence-electron chi connectivity index (χ2n) is 5.80. The summed E-state index contributed by atoms with van der Waals surface area (Å²) in [6, 6.07) is 13.2. The van der Waals surface area contributed by atoms with Crippen molar-refractivity contribution in [2.24, 2.45) is 0 Å². The lowest BCUT2D eigenvalue weighted by atomic mass is 10.0. The monoisotopic (exact) mass is 293 g/mol. The van der Waals surface area contributed by atoms with Crippen molar-refractivity contribution in [3.8, 4) is 6.07 Å². The molecule has 0 saturated carbocycles. The molecule has 2 saturated heterocycles. The number of aliphatic hydroxyl groups excluding tert-OH is 1. The maximum Gasteiger partial charge on any atom is 0.324 e. The van der Waals surface area contributed by atoms with E-state index in [4.69, 9.17) is 0 Å². The second kappa shape index (κ2) is 4.72. The number of fused-ring (bicyclic) bond motifs is 2. The number of benzene rings is 2. The average molecular weight is 293 g/mol. The lowest BCUT2D eigenvalue weighted by Crippen LogP contribution is -2.32. The van der Waals surface area contributed by atoms with Crippen LogP contribution in [0.1, 0.15) is 12.0 Å². The molecule has 0 bridgehead atoms. The van der Waals surface area contributed by atoms with Gasteiger partial charge in [0.05, 0.1) is 36.0 Å². The average Bonchev–Trinajstić information content (AvgIpc) is 3.07. The van der Waals surface area contributed by atoms with Crippen LogP contribution in [-0.2, 0) is 0 Å². The number of nitriles is 1. The van der Waals surface area contributed by atoms with Crippen molar-refractivity contribution in [3.63, 3.8) is 0 Å². The Labute approximate surface area is 128 Å². The maximum atomic E-state index is 12.6. The van der Waals surface area contributed by atoms with Gasteiger partial charge in [0.1, 0.15) is 0 Å². The van der Waals surface area contributed by atoms with Gasteiger partial charge >= 0.3 is 6.03 Å².